The van der Waals surface area contributed by atoms with E-state index in [9.17, 15) is 0 Å². The van der Waals surface area contributed by atoms with E-state index in [1.54, 1.807) is 7.11 Å². The zero-order valence-electron chi connectivity index (χ0n) is 8.88. The number of alkyl halides is 1. The predicted octanol–water partition coefficient (Wildman–Crippen LogP) is 1.35. The van der Waals surface area contributed by atoms with Crippen LogP contribution < -0.4 is 0 Å². The van der Waals surface area contributed by atoms with Crippen LogP contribution in [0, 0.1) is 0 Å². The van der Waals surface area contributed by atoms with Gasteiger partial charge in [-0.2, -0.15) is 0 Å². The molecule has 1 atom stereocenters. The van der Waals surface area contributed by atoms with Gasteiger partial charge in [0, 0.05) is 32.7 Å². The molecule has 0 aromatic heterocycles. The Labute approximate surface area is 91.3 Å². The maximum absolute atomic E-state index is 5.76. The Morgan fingerprint density at radius 3 is 3.07 bits per heavy atom. The number of ether oxygens (including phenoxy) is 2. The molecular formula is C10H20ClNO2. The first-order chi connectivity index (χ1) is 6.86. The van der Waals surface area contributed by atoms with Crippen molar-refractivity contribution in [1.29, 1.82) is 0 Å². The summed E-state index contributed by atoms with van der Waals surface area (Å²) in [6.07, 6.45) is 2.57. The number of morpholine rings is 1. The van der Waals surface area contributed by atoms with Crippen molar-refractivity contribution in [1.82, 2.24) is 4.90 Å². The second kappa shape index (κ2) is 7.46. The molecule has 1 saturated heterocycles. The molecule has 14 heavy (non-hydrogen) atoms. The number of rotatable bonds is 6. The van der Waals surface area contributed by atoms with Crippen molar-refractivity contribution < 1.29 is 9.47 Å². The van der Waals surface area contributed by atoms with E-state index in [1.807, 2.05) is 0 Å². The lowest BCUT2D eigenvalue weighted by Crippen LogP contribution is -2.43. The molecule has 1 unspecified atom stereocenters. The summed E-state index contributed by atoms with van der Waals surface area (Å²) in [5.74, 6) is 0.606. The van der Waals surface area contributed by atoms with E-state index in [4.69, 9.17) is 21.1 Å². The first kappa shape index (κ1) is 12.2. The fourth-order valence-electron chi connectivity index (χ4n) is 1.66. The molecule has 0 amide bonds. The standard InChI is InChI=1S/C10H20ClNO2/c1-13-6-3-2-4-12-5-7-14-10(8-11)9-12/h10H,2-9H2,1H3. The molecule has 3 nitrogen and oxygen atoms in total. The number of nitrogens with zero attached hydrogens (tertiary/aromatic N) is 1. The topological polar surface area (TPSA) is 21.7 Å². The van der Waals surface area contributed by atoms with Crippen LogP contribution in [-0.2, 0) is 9.47 Å². The Hall–Kier alpha value is 0.170. The first-order valence-corrected chi connectivity index (χ1v) is 5.79. The number of methoxy groups -OCH3 is 1. The molecule has 0 radical (unpaired) electrons. The zero-order chi connectivity index (χ0) is 10.2. The third-order valence-corrected chi connectivity index (χ3v) is 2.81. The second-order valence-electron chi connectivity index (χ2n) is 3.65. The van der Waals surface area contributed by atoms with Crippen molar-refractivity contribution in [2.24, 2.45) is 0 Å². The largest absolute Gasteiger partial charge is 0.385 e. The Morgan fingerprint density at radius 1 is 1.50 bits per heavy atom. The quantitative estimate of drug-likeness (QED) is 0.499. The Kier molecular flexibility index (Phi) is 6.52. The normalized spacial score (nSPS) is 24.0. The second-order valence-corrected chi connectivity index (χ2v) is 3.96. The van der Waals surface area contributed by atoms with Gasteiger partial charge in [0.25, 0.3) is 0 Å². The van der Waals surface area contributed by atoms with Crippen LogP contribution >= 0.6 is 11.6 Å². The van der Waals surface area contributed by atoms with Gasteiger partial charge in [0.1, 0.15) is 0 Å². The average Bonchev–Trinajstić information content (AvgIpc) is 2.25. The highest BCUT2D eigenvalue weighted by molar-refractivity contribution is 6.18. The van der Waals surface area contributed by atoms with Crippen molar-refractivity contribution in [3.05, 3.63) is 0 Å². The smallest absolute Gasteiger partial charge is 0.0837 e. The van der Waals surface area contributed by atoms with Gasteiger partial charge in [-0.1, -0.05) is 0 Å². The maximum atomic E-state index is 5.76. The van der Waals surface area contributed by atoms with Crippen LogP contribution in [0.4, 0.5) is 0 Å². The van der Waals surface area contributed by atoms with Crippen LogP contribution in [0.2, 0.25) is 0 Å². The van der Waals surface area contributed by atoms with Gasteiger partial charge in [0.05, 0.1) is 12.7 Å². The van der Waals surface area contributed by atoms with E-state index in [0.717, 1.165) is 39.3 Å². The van der Waals surface area contributed by atoms with E-state index in [1.165, 1.54) is 6.42 Å². The van der Waals surface area contributed by atoms with Crippen molar-refractivity contribution >= 4 is 11.6 Å². The Morgan fingerprint density at radius 2 is 2.36 bits per heavy atom. The highest BCUT2D eigenvalue weighted by Gasteiger charge is 2.18. The van der Waals surface area contributed by atoms with Gasteiger partial charge in [-0.05, 0) is 19.4 Å². The fourth-order valence-corrected chi connectivity index (χ4v) is 1.85. The molecule has 1 rings (SSSR count). The van der Waals surface area contributed by atoms with Crippen molar-refractivity contribution in [2.75, 3.05) is 45.8 Å². The van der Waals surface area contributed by atoms with Crippen molar-refractivity contribution in [3.8, 4) is 0 Å². The van der Waals surface area contributed by atoms with Crippen LogP contribution in [-0.4, -0.2) is 56.8 Å². The number of hydrogen-bond donors (Lipinski definition) is 0. The van der Waals surface area contributed by atoms with E-state index >= 15 is 0 Å². The zero-order valence-corrected chi connectivity index (χ0v) is 9.63. The molecule has 0 aromatic rings. The monoisotopic (exact) mass is 221 g/mol. The van der Waals surface area contributed by atoms with E-state index in [0.29, 0.717) is 5.88 Å². The van der Waals surface area contributed by atoms with Crippen LogP contribution in [0.25, 0.3) is 0 Å². The lowest BCUT2D eigenvalue weighted by molar-refractivity contribution is -0.0171. The molecule has 0 aromatic carbocycles. The minimum Gasteiger partial charge on any atom is -0.385 e. The molecule has 0 N–H and O–H groups in total. The van der Waals surface area contributed by atoms with Gasteiger partial charge in [-0.3, -0.25) is 4.90 Å². The molecule has 1 fully saturated rings. The Balaban J connectivity index is 2.05. The third-order valence-electron chi connectivity index (χ3n) is 2.47. The summed E-state index contributed by atoms with van der Waals surface area (Å²) in [6.45, 7) is 4.85. The molecule has 0 aliphatic carbocycles. The van der Waals surface area contributed by atoms with Crippen LogP contribution in [0.1, 0.15) is 12.8 Å². The SMILES string of the molecule is COCCCCN1CCOC(CCl)C1. The Bertz CT molecular complexity index is 146. The summed E-state index contributed by atoms with van der Waals surface area (Å²) in [4.78, 5) is 2.42. The summed E-state index contributed by atoms with van der Waals surface area (Å²) < 4.78 is 10.5. The summed E-state index contributed by atoms with van der Waals surface area (Å²) in [6, 6.07) is 0. The summed E-state index contributed by atoms with van der Waals surface area (Å²) >= 11 is 5.76. The molecule has 0 bridgehead atoms. The molecule has 0 saturated carbocycles. The summed E-state index contributed by atoms with van der Waals surface area (Å²) in [5.41, 5.74) is 0. The highest BCUT2D eigenvalue weighted by Crippen LogP contribution is 2.07. The molecule has 4 heteroatoms. The van der Waals surface area contributed by atoms with Gasteiger partial charge < -0.3 is 9.47 Å². The molecular weight excluding hydrogens is 202 g/mol. The molecule has 84 valence electrons. The van der Waals surface area contributed by atoms with Crippen molar-refractivity contribution in [3.63, 3.8) is 0 Å². The van der Waals surface area contributed by atoms with Gasteiger partial charge >= 0.3 is 0 Å². The minimum absolute atomic E-state index is 0.229. The summed E-state index contributed by atoms with van der Waals surface area (Å²) in [5, 5.41) is 0. The molecule has 1 aliphatic heterocycles. The van der Waals surface area contributed by atoms with E-state index < -0.39 is 0 Å². The van der Waals surface area contributed by atoms with Crippen LogP contribution in [0.5, 0.6) is 0 Å². The maximum Gasteiger partial charge on any atom is 0.0837 e. The number of hydrogen-bond acceptors (Lipinski definition) is 3. The summed E-state index contributed by atoms with van der Waals surface area (Å²) in [7, 11) is 1.75. The average molecular weight is 222 g/mol. The molecule has 0 spiro atoms. The minimum atomic E-state index is 0.229. The number of halogens is 1. The predicted molar refractivity (Wildman–Crippen MR) is 58.0 cm³/mol. The lowest BCUT2D eigenvalue weighted by Gasteiger charge is -2.31. The van der Waals surface area contributed by atoms with Gasteiger partial charge in [-0.15, -0.1) is 11.6 Å². The van der Waals surface area contributed by atoms with Crippen LogP contribution in [0.3, 0.4) is 0 Å². The van der Waals surface area contributed by atoms with E-state index in [-0.39, 0.29) is 6.10 Å². The third kappa shape index (κ3) is 4.60. The van der Waals surface area contributed by atoms with Gasteiger partial charge in [-0.25, -0.2) is 0 Å². The van der Waals surface area contributed by atoms with E-state index in [2.05, 4.69) is 4.90 Å². The van der Waals surface area contributed by atoms with Gasteiger partial charge in [0.2, 0.25) is 0 Å². The first-order valence-electron chi connectivity index (χ1n) is 5.25. The lowest BCUT2D eigenvalue weighted by atomic mass is 10.2. The molecule has 1 aliphatic rings. The highest BCUT2D eigenvalue weighted by atomic mass is 35.5. The number of unbranched alkanes of at least 4 members (excludes halogenated alkanes) is 1. The van der Waals surface area contributed by atoms with Crippen molar-refractivity contribution in [2.45, 2.75) is 18.9 Å². The van der Waals surface area contributed by atoms with Gasteiger partial charge in [0.15, 0.2) is 0 Å². The molecule has 1 heterocycles. The fraction of sp³-hybridized carbons (Fsp3) is 1.00. The van der Waals surface area contributed by atoms with Crippen LogP contribution in [0.15, 0.2) is 0 Å².